The van der Waals surface area contributed by atoms with Crippen LogP contribution in [0.4, 0.5) is 5.69 Å². The summed E-state index contributed by atoms with van der Waals surface area (Å²) in [6.07, 6.45) is 0. The fourth-order valence-corrected chi connectivity index (χ4v) is 6.07. The van der Waals surface area contributed by atoms with E-state index in [4.69, 9.17) is 4.98 Å². The SMILES string of the molecule is O=c1c(-c2nc3ccccc3s2)c2sc3ccccc3n2c2ccc([N+](=O)[O-])cc12. The first-order valence-electron chi connectivity index (χ1n) is 9.12. The van der Waals surface area contributed by atoms with Crippen LogP contribution in [0.1, 0.15) is 0 Å². The summed E-state index contributed by atoms with van der Waals surface area (Å²) in [7, 11) is 0. The minimum atomic E-state index is -0.475. The number of non-ortho nitro benzene ring substituents is 1. The minimum absolute atomic E-state index is 0.102. The second-order valence-electron chi connectivity index (χ2n) is 6.86. The fourth-order valence-electron chi connectivity index (χ4n) is 3.80. The van der Waals surface area contributed by atoms with Crippen molar-refractivity contribution in [1.29, 1.82) is 0 Å². The van der Waals surface area contributed by atoms with Crippen molar-refractivity contribution in [2.75, 3.05) is 0 Å². The second-order valence-corrected chi connectivity index (χ2v) is 8.92. The summed E-state index contributed by atoms with van der Waals surface area (Å²) in [5.41, 5.74) is 2.59. The van der Waals surface area contributed by atoms with Gasteiger partial charge in [0.15, 0.2) is 0 Å². The largest absolute Gasteiger partial charge is 0.299 e. The van der Waals surface area contributed by atoms with Gasteiger partial charge in [-0.05, 0) is 30.3 Å². The molecular weight excluding hydrogens is 418 g/mol. The molecule has 30 heavy (non-hydrogen) atoms. The van der Waals surface area contributed by atoms with E-state index in [1.165, 1.54) is 34.8 Å². The van der Waals surface area contributed by atoms with Crippen LogP contribution in [0.15, 0.2) is 71.5 Å². The van der Waals surface area contributed by atoms with Gasteiger partial charge < -0.3 is 0 Å². The van der Waals surface area contributed by atoms with Crippen molar-refractivity contribution in [2.45, 2.75) is 0 Å². The van der Waals surface area contributed by atoms with Crippen LogP contribution < -0.4 is 5.43 Å². The fraction of sp³-hybridized carbons (Fsp3) is 0. The summed E-state index contributed by atoms with van der Waals surface area (Å²) in [6.45, 7) is 0. The highest BCUT2D eigenvalue weighted by Crippen LogP contribution is 2.38. The average Bonchev–Trinajstić information content (AvgIpc) is 3.35. The highest BCUT2D eigenvalue weighted by atomic mass is 32.1. The Bertz CT molecular complexity index is 1680. The van der Waals surface area contributed by atoms with Gasteiger partial charge in [0.2, 0.25) is 5.43 Å². The van der Waals surface area contributed by atoms with Crippen molar-refractivity contribution in [3.8, 4) is 10.6 Å². The van der Waals surface area contributed by atoms with Crippen LogP contribution in [-0.4, -0.2) is 14.3 Å². The van der Waals surface area contributed by atoms with Crippen molar-refractivity contribution in [1.82, 2.24) is 9.38 Å². The van der Waals surface area contributed by atoms with Crippen LogP contribution in [0, 0.1) is 10.1 Å². The minimum Gasteiger partial charge on any atom is -0.299 e. The maximum absolute atomic E-state index is 13.6. The molecule has 0 aliphatic rings. The van der Waals surface area contributed by atoms with Gasteiger partial charge in [-0.1, -0.05) is 24.3 Å². The summed E-state index contributed by atoms with van der Waals surface area (Å²) >= 11 is 2.98. The number of nitro benzene ring substituents is 1. The first-order chi connectivity index (χ1) is 14.6. The smallest absolute Gasteiger partial charge is 0.270 e. The highest BCUT2D eigenvalue weighted by Gasteiger charge is 2.22. The van der Waals surface area contributed by atoms with Crippen molar-refractivity contribution in [3.05, 3.63) is 87.1 Å². The van der Waals surface area contributed by atoms with E-state index in [2.05, 4.69) is 0 Å². The van der Waals surface area contributed by atoms with E-state index in [1.807, 2.05) is 52.9 Å². The molecule has 0 saturated heterocycles. The molecular formula is C22H11N3O3S2. The van der Waals surface area contributed by atoms with Gasteiger partial charge in [0.25, 0.3) is 5.69 Å². The van der Waals surface area contributed by atoms with Gasteiger partial charge >= 0.3 is 0 Å². The van der Waals surface area contributed by atoms with E-state index < -0.39 is 4.92 Å². The molecule has 0 aliphatic carbocycles. The molecule has 6 rings (SSSR count). The van der Waals surface area contributed by atoms with E-state index in [0.29, 0.717) is 21.5 Å². The number of aromatic nitrogens is 2. The van der Waals surface area contributed by atoms with Crippen molar-refractivity contribution in [2.24, 2.45) is 0 Å². The Morgan fingerprint density at radius 2 is 1.67 bits per heavy atom. The van der Waals surface area contributed by atoms with Crippen LogP contribution in [0.3, 0.4) is 0 Å². The van der Waals surface area contributed by atoms with Gasteiger partial charge in [-0.25, -0.2) is 4.98 Å². The van der Waals surface area contributed by atoms with Crippen LogP contribution >= 0.6 is 22.7 Å². The lowest BCUT2D eigenvalue weighted by Gasteiger charge is -2.07. The lowest BCUT2D eigenvalue weighted by Crippen LogP contribution is -2.09. The zero-order valence-electron chi connectivity index (χ0n) is 15.2. The molecule has 0 spiro atoms. The highest BCUT2D eigenvalue weighted by molar-refractivity contribution is 7.25. The van der Waals surface area contributed by atoms with Crippen LogP contribution in [0.5, 0.6) is 0 Å². The topological polar surface area (TPSA) is 77.5 Å². The molecule has 0 radical (unpaired) electrons. The third-order valence-electron chi connectivity index (χ3n) is 5.14. The zero-order valence-corrected chi connectivity index (χ0v) is 16.9. The number of hydrogen-bond donors (Lipinski definition) is 0. The number of pyridine rings is 1. The van der Waals surface area contributed by atoms with Gasteiger partial charge in [-0.15, -0.1) is 22.7 Å². The Balaban J connectivity index is 1.85. The van der Waals surface area contributed by atoms with Gasteiger partial charge in [0, 0.05) is 12.1 Å². The van der Waals surface area contributed by atoms with Gasteiger partial charge in [-0.2, -0.15) is 0 Å². The number of thiazole rings is 2. The summed E-state index contributed by atoms with van der Waals surface area (Å²) in [5, 5.41) is 12.3. The molecule has 0 atom stereocenters. The Kier molecular flexibility index (Phi) is 3.56. The summed E-state index contributed by atoms with van der Waals surface area (Å²) in [5.74, 6) is 0. The lowest BCUT2D eigenvalue weighted by molar-refractivity contribution is -0.384. The number of rotatable bonds is 2. The molecule has 0 amide bonds. The Labute approximate surface area is 176 Å². The quantitative estimate of drug-likeness (QED) is 0.255. The Morgan fingerprint density at radius 1 is 0.900 bits per heavy atom. The van der Waals surface area contributed by atoms with E-state index in [9.17, 15) is 14.9 Å². The molecule has 0 N–H and O–H groups in total. The molecule has 3 aromatic carbocycles. The Morgan fingerprint density at radius 3 is 2.47 bits per heavy atom. The molecule has 6 nitrogen and oxygen atoms in total. The third-order valence-corrected chi connectivity index (χ3v) is 7.34. The molecule has 3 aromatic heterocycles. The number of para-hydroxylation sites is 2. The van der Waals surface area contributed by atoms with Gasteiger partial charge in [0.05, 0.1) is 41.8 Å². The van der Waals surface area contributed by atoms with Crippen LogP contribution in [-0.2, 0) is 0 Å². The molecule has 8 heteroatoms. The summed E-state index contributed by atoms with van der Waals surface area (Å²) in [4.78, 5) is 30.0. The van der Waals surface area contributed by atoms with Crippen molar-refractivity contribution < 1.29 is 4.92 Å². The second kappa shape index (κ2) is 6.19. The molecule has 0 aliphatic heterocycles. The van der Waals surface area contributed by atoms with E-state index in [0.717, 1.165) is 25.3 Å². The molecule has 6 aromatic rings. The first-order valence-corrected chi connectivity index (χ1v) is 10.8. The summed E-state index contributed by atoms with van der Waals surface area (Å²) in [6, 6.07) is 20.1. The maximum Gasteiger partial charge on any atom is 0.270 e. The van der Waals surface area contributed by atoms with E-state index in [1.54, 1.807) is 6.07 Å². The number of hydrogen-bond acceptors (Lipinski definition) is 6. The van der Waals surface area contributed by atoms with Gasteiger partial charge in [-0.3, -0.25) is 19.3 Å². The molecule has 0 unspecified atom stereocenters. The standard InChI is InChI=1S/C22H11N3O3S2/c26-20-13-11-12(25(27)28)9-10-15(13)24-16-6-2-4-8-18(16)30-22(24)19(20)21-23-14-5-1-3-7-17(14)29-21/h1-11H. The lowest BCUT2D eigenvalue weighted by atomic mass is 10.1. The number of fused-ring (bicyclic) bond motifs is 6. The zero-order chi connectivity index (χ0) is 20.4. The van der Waals surface area contributed by atoms with Crippen LogP contribution in [0.25, 0.3) is 46.7 Å². The predicted molar refractivity (Wildman–Crippen MR) is 122 cm³/mol. The molecule has 144 valence electrons. The molecule has 0 saturated carbocycles. The van der Waals surface area contributed by atoms with Crippen LogP contribution in [0.2, 0.25) is 0 Å². The normalized spacial score (nSPS) is 11.7. The first kappa shape index (κ1) is 17.3. The molecule has 0 fully saturated rings. The monoisotopic (exact) mass is 429 g/mol. The maximum atomic E-state index is 13.6. The van der Waals surface area contributed by atoms with Crippen molar-refractivity contribution >= 4 is 64.5 Å². The number of nitrogens with zero attached hydrogens (tertiary/aromatic N) is 3. The average molecular weight is 429 g/mol. The van der Waals surface area contributed by atoms with Gasteiger partial charge in [0.1, 0.15) is 9.84 Å². The molecule has 0 bridgehead atoms. The van der Waals surface area contributed by atoms with E-state index in [-0.39, 0.29) is 11.1 Å². The van der Waals surface area contributed by atoms with E-state index >= 15 is 0 Å². The number of nitro groups is 1. The predicted octanol–water partition coefficient (Wildman–Crippen LogP) is 5.85. The summed E-state index contributed by atoms with van der Waals surface area (Å²) < 4.78 is 4.04. The van der Waals surface area contributed by atoms with Crippen molar-refractivity contribution in [3.63, 3.8) is 0 Å². The number of benzene rings is 3. The molecule has 3 heterocycles. The Hall–Kier alpha value is -3.62. The third kappa shape index (κ3) is 2.35.